The van der Waals surface area contributed by atoms with Gasteiger partial charge in [0.1, 0.15) is 0 Å². The molecule has 1 amide bonds. The number of carbonyl (C=O) groups is 2. The minimum atomic E-state index is -0.367. The Morgan fingerprint density at radius 3 is 3.10 bits per heavy atom. The van der Waals surface area contributed by atoms with Crippen molar-refractivity contribution in [2.24, 2.45) is 0 Å². The summed E-state index contributed by atoms with van der Waals surface area (Å²) in [5.41, 5.74) is 0.444. The fourth-order valence-electron chi connectivity index (χ4n) is 2.36. The van der Waals surface area contributed by atoms with Crippen LogP contribution in [0.2, 0.25) is 0 Å². The Hall–Kier alpha value is -2.11. The van der Waals surface area contributed by atoms with E-state index < -0.39 is 0 Å². The van der Waals surface area contributed by atoms with Crippen LogP contribution >= 0.6 is 0 Å². The van der Waals surface area contributed by atoms with Gasteiger partial charge >= 0.3 is 5.97 Å². The van der Waals surface area contributed by atoms with E-state index in [1.807, 2.05) is 0 Å². The van der Waals surface area contributed by atoms with Gasteiger partial charge in [0.05, 0.1) is 24.4 Å². The molecule has 1 fully saturated rings. The normalized spacial score (nSPS) is 18.6. The van der Waals surface area contributed by atoms with Crippen LogP contribution in [0.3, 0.4) is 0 Å². The molecule has 0 spiro atoms. The third-order valence-electron chi connectivity index (χ3n) is 3.37. The Balaban J connectivity index is 2.06. The van der Waals surface area contributed by atoms with Gasteiger partial charge in [-0.2, -0.15) is 5.10 Å². The molecule has 20 heavy (non-hydrogen) atoms. The Bertz CT molecular complexity index is 510. The van der Waals surface area contributed by atoms with Crippen LogP contribution in [0, 0.1) is 0 Å². The topological polar surface area (TPSA) is 64.4 Å². The Labute approximate surface area is 118 Å². The van der Waals surface area contributed by atoms with Crippen LogP contribution in [0.25, 0.3) is 0 Å². The van der Waals surface area contributed by atoms with E-state index in [-0.39, 0.29) is 17.9 Å². The number of esters is 1. The molecule has 1 atom stereocenters. The number of nitrogens with zero attached hydrogens (tertiary/aromatic N) is 3. The van der Waals surface area contributed by atoms with E-state index in [0.29, 0.717) is 18.7 Å². The van der Waals surface area contributed by atoms with Gasteiger partial charge in [-0.3, -0.25) is 9.48 Å². The first-order valence-electron chi connectivity index (χ1n) is 6.78. The van der Waals surface area contributed by atoms with Crippen molar-refractivity contribution in [2.75, 3.05) is 19.7 Å². The lowest BCUT2D eigenvalue weighted by Gasteiger charge is -2.32. The van der Waals surface area contributed by atoms with Gasteiger partial charge in [-0.1, -0.05) is 6.58 Å². The zero-order valence-electron chi connectivity index (χ0n) is 11.6. The maximum absolute atomic E-state index is 11.6. The van der Waals surface area contributed by atoms with E-state index in [1.165, 1.54) is 12.3 Å². The van der Waals surface area contributed by atoms with Crippen molar-refractivity contribution in [2.45, 2.75) is 25.8 Å². The number of hydrogen-bond donors (Lipinski definition) is 0. The molecule has 1 aromatic heterocycles. The summed E-state index contributed by atoms with van der Waals surface area (Å²) in [7, 11) is 0. The Morgan fingerprint density at radius 2 is 2.40 bits per heavy atom. The summed E-state index contributed by atoms with van der Waals surface area (Å²) in [6.45, 7) is 6.95. The molecule has 1 aromatic rings. The average molecular weight is 277 g/mol. The van der Waals surface area contributed by atoms with Crippen molar-refractivity contribution in [1.29, 1.82) is 0 Å². The fraction of sp³-hybridized carbons (Fsp3) is 0.500. The second kappa shape index (κ2) is 6.36. The zero-order chi connectivity index (χ0) is 14.5. The molecule has 2 rings (SSSR count). The lowest BCUT2D eigenvalue weighted by atomic mass is 10.1. The smallest absolute Gasteiger partial charge is 0.341 e. The first kappa shape index (κ1) is 14.3. The SMILES string of the molecule is C=CC(=O)N1CCCC(n2cc(C(=O)OCC)cn2)C1. The van der Waals surface area contributed by atoms with Gasteiger partial charge < -0.3 is 9.64 Å². The minimum Gasteiger partial charge on any atom is -0.462 e. The van der Waals surface area contributed by atoms with Gasteiger partial charge in [-0.25, -0.2) is 4.79 Å². The number of ether oxygens (including phenoxy) is 1. The molecular weight excluding hydrogens is 258 g/mol. The van der Waals surface area contributed by atoms with E-state index >= 15 is 0 Å². The second-order valence-electron chi connectivity index (χ2n) is 4.71. The summed E-state index contributed by atoms with van der Waals surface area (Å²) >= 11 is 0. The summed E-state index contributed by atoms with van der Waals surface area (Å²) in [5, 5.41) is 4.21. The van der Waals surface area contributed by atoms with Crippen LogP contribution in [0.5, 0.6) is 0 Å². The third kappa shape index (κ3) is 3.07. The molecule has 0 N–H and O–H groups in total. The molecule has 0 radical (unpaired) electrons. The van der Waals surface area contributed by atoms with Crippen LogP contribution in [0.1, 0.15) is 36.2 Å². The molecule has 1 saturated heterocycles. The van der Waals surface area contributed by atoms with Crippen LogP contribution in [-0.4, -0.2) is 46.3 Å². The largest absolute Gasteiger partial charge is 0.462 e. The van der Waals surface area contributed by atoms with Crippen molar-refractivity contribution in [3.63, 3.8) is 0 Å². The lowest BCUT2D eigenvalue weighted by Crippen LogP contribution is -2.39. The molecular formula is C14H19N3O3. The summed E-state index contributed by atoms with van der Waals surface area (Å²) in [5.74, 6) is -0.430. The molecule has 2 heterocycles. The molecule has 1 unspecified atom stereocenters. The van der Waals surface area contributed by atoms with Crippen LogP contribution in [0.4, 0.5) is 0 Å². The molecule has 108 valence electrons. The number of carbonyl (C=O) groups excluding carboxylic acids is 2. The highest BCUT2D eigenvalue weighted by Crippen LogP contribution is 2.21. The van der Waals surface area contributed by atoms with Gasteiger partial charge in [0.25, 0.3) is 0 Å². The maximum Gasteiger partial charge on any atom is 0.341 e. The van der Waals surface area contributed by atoms with Crippen molar-refractivity contribution in [3.8, 4) is 0 Å². The number of likely N-dealkylation sites (tertiary alicyclic amines) is 1. The van der Waals surface area contributed by atoms with Crippen molar-refractivity contribution in [3.05, 3.63) is 30.6 Å². The molecule has 0 bridgehead atoms. The van der Waals surface area contributed by atoms with Crippen molar-refractivity contribution >= 4 is 11.9 Å². The first-order valence-corrected chi connectivity index (χ1v) is 6.78. The summed E-state index contributed by atoms with van der Waals surface area (Å²) in [6.07, 6.45) is 6.37. The predicted octanol–water partition coefficient (Wildman–Crippen LogP) is 1.41. The van der Waals surface area contributed by atoms with E-state index in [9.17, 15) is 9.59 Å². The lowest BCUT2D eigenvalue weighted by molar-refractivity contribution is -0.127. The second-order valence-corrected chi connectivity index (χ2v) is 4.71. The highest BCUT2D eigenvalue weighted by Gasteiger charge is 2.24. The molecule has 6 nitrogen and oxygen atoms in total. The maximum atomic E-state index is 11.6. The monoisotopic (exact) mass is 277 g/mol. The van der Waals surface area contributed by atoms with Gasteiger partial charge in [0, 0.05) is 19.3 Å². The van der Waals surface area contributed by atoms with Crippen LogP contribution in [0.15, 0.2) is 25.0 Å². The van der Waals surface area contributed by atoms with Gasteiger partial charge in [-0.05, 0) is 25.8 Å². The Morgan fingerprint density at radius 1 is 1.60 bits per heavy atom. The summed E-state index contributed by atoms with van der Waals surface area (Å²) < 4.78 is 6.68. The average Bonchev–Trinajstić information content (AvgIpc) is 2.97. The molecule has 0 aromatic carbocycles. The predicted molar refractivity (Wildman–Crippen MR) is 73.2 cm³/mol. The number of aromatic nitrogens is 2. The van der Waals surface area contributed by atoms with Crippen molar-refractivity contribution < 1.29 is 14.3 Å². The van der Waals surface area contributed by atoms with E-state index in [4.69, 9.17) is 4.74 Å². The molecule has 6 heteroatoms. The number of rotatable bonds is 4. The molecule has 1 aliphatic rings. The van der Waals surface area contributed by atoms with Crippen molar-refractivity contribution in [1.82, 2.24) is 14.7 Å². The minimum absolute atomic E-state index is 0.0625. The fourth-order valence-corrected chi connectivity index (χ4v) is 2.36. The highest BCUT2D eigenvalue weighted by molar-refractivity contribution is 5.88. The van der Waals surface area contributed by atoms with E-state index in [2.05, 4.69) is 11.7 Å². The quantitative estimate of drug-likeness (QED) is 0.616. The van der Waals surface area contributed by atoms with E-state index in [1.54, 1.807) is 22.7 Å². The number of hydrogen-bond acceptors (Lipinski definition) is 4. The molecule has 1 aliphatic heterocycles. The summed E-state index contributed by atoms with van der Waals surface area (Å²) in [4.78, 5) is 25.0. The number of piperidine rings is 1. The third-order valence-corrected chi connectivity index (χ3v) is 3.37. The molecule has 0 saturated carbocycles. The van der Waals surface area contributed by atoms with Gasteiger partial charge in [0.2, 0.25) is 5.91 Å². The highest BCUT2D eigenvalue weighted by atomic mass is 16.5. The van der Waals surface area contributed by atoms with E-state index in [0.717, 1.165) is 19.4 Å². The zero-order valence-corrected chi connectivity index (χ0v) is 11.6. The Kier molecular flexibility index (Phi) is 4.55. The standard InChI is InChI=1S/C14H19N3O3/c1-3-13(18)16-7-5-6-12(10-16)17-9-11(8-15-17)14(19)20-4-2/h3,8-9,12H,1,4-7,10H2,2H3. The first-order chi connectivity index (χ1) is 9.65. The van der Waals surface area contributed by atoms with Crippen LogP contribution < -0.4 is 0 Å². The number of amides is 1. The van der Waals surface area contributed by atoms with Gasteiger partial charge in [-0.15, -0.1) is 0 Å². The molecule has 0 aliphatic carbocycles. The van der Waals surface area contributed by atoms with Gasteiger partial charge in [0.15, 0.2) is 0 Å². The van der Waals surface area contributed by atoms with Crippen LogP contribution in [-0.2, 0) is 9.53 Å². The summed E-state index contributed by atoms with van der Waals surface area (Å²) in [6, 6.07) is 0.0934.